The zero-order valence-electron chi connectivity index (χ0n) is 10.4. The van der Waals surface area contributed by atoms with Gasteiger partial charge in [0.25, 0.3) is 0 Å². The van der Waals surface area contributed by atoms with E-state index in [1.807, 2.05) is 0 Å². The van der Waals surface area contributed by atoms with Crippen LogP contribution in [0.5, 0.6) is 0 Å². The van der Waals surface area contributed by atoms with Crippen LogP contribution in [0.3, 0.4) is 0 Å². The van der Waals surface area contributed by atoms with Crippen LogP contribution in [0.25, 0.3) is 0 Å². The van der Waals surface area contributed by atoms with Gasteiger partial charge in [-0.1, -0.05) is 24.4 Å². The molecule has 2 N–H and O–H groups in total. The summed E-state index contributed by atoms with van der Waals surface area (Å²) >= 11 is 5.66. The van der Waals surface area contributed by atoms with Crippen molar-refractivity contribution < 1.29 is 12.8 Å². The Morgan fingerprint density at radius 2 is 1.74 bits per heavy atom. The van der Waals surface area contributed by atoms with Gasteiger partial charge < -0.3 is 5.73 Å². The fraction of sp³-hybridized carbons (Fsp3) is 0.500. The minimum absolute atomic E-state index is 0.139. The minimum atomic E-state index is -3.87. The van der Waals surface area contributed by atoms with E-state index in [1.165, 1.54) is 10.4 Å². The standard InChI is InChI=1S/C12H16ClFN2O2S/c13-10-7-9(15)8-11(12(10)14)19(17,18)16-5-3-1-2-4-6-16/h7-8H,1-6,15H2. The number of nitrogens with zero attached hydrogens (tertiary/aromatic N) is 1. The minimum Gasteiger partial charge on any atom is -0.399 e. The molecular weight excluding hydrogens is 291 g/mol. The molecule has 1 heterocycles. The zero-order chi connectivity index (χ0) is 14.0. The number of benzene rings is 1. The zero-order valence-corrected chi connectivity index (χ0v) is 12.0. The highest BCUT2D eigenvalue weighted by Crippen LogP contribution is 2.29. The molecule has 0 unspecified atom stereocenters. The smallest absolute Gasteiger partial charge is 0.246 e. The number of anilines is 1. The summed E-state index contributed by atoms with van der Waals surface area (Å²) in [6, 6.07) is 2.33. The third kappa shape index (κ3) is 3.01. The Labute approximate surface area is 117 Å². The summed E-state index contributed by atoms with van der Waals surface area (Å²) < 4.78 is 40.1. The first-order valence-electron chi connectivity index (χ1n) is 6.17. The van der Waals surface area contributed by atoms with Gasteiger partial charge in [-0.3, -0.25) is 0 Å². The molecule has 0 amide bonds. The number of nitrogens with two attached hydrogens (primary N) is 1. The molecule has 4 nitrogen and oxygen atoms in total. The molecule has 0 bridgehead atoms. The first-order chi connectivity index (χ1) is 8.93. The Bertz CT molecular complexity index is 569. The van der Waals surface area contributed by atoms with E-state index in [0.29, 0.717) is 13.1 Å². The molecule has 0 aromatic heterocycles. The molecule has 1 aromatic carbocycles. The van der Waals surface area contributed by atoms with Crippen LogP contribution < -0.4 is 5.73 Å². The molecule has 1 saturated heterocycles. The molecule has 106 valence electrons. The van der Waals surface area contributed by atoms with Gasteiger partial charge in [0.05, 0.1) is 5.02 Å². The van der Waals surface area contributed by atoms with Crippen LogP contribution in [-0.4, -0.2) is 25.8 Å². The SMILES string of the molecule is Nc1cc(Cl)c(F)c(S(=O)(=O)N2CCCCCC2)c1. The van der Waals surface area contributed by atoms with Crippen molar-refractivity contribution >= 4 is 27.3 Å². The summed E-state index contributed by atoms with van der Waals surface area (Å²) in [5, 5.41) is -0.270. The first kappa shape index (κ1) is 14.6. The Morgan fingerprint density at radius 1 is 1.16 bits per heavy atom. The Hall–Kier alpha value is -0.850. The van der Waals surface area contributed by atoms with Crippen molar-refractivity contribution in [2.75, 3.05) is 18.8 Å². The van der Waals surface area contributed by atoms with E-state index in [4.69, 9.17) is 17.3 Å². The lowest BCUT2D eigenvalue weighted by atomic mass is 10.2. The third-order valence-corrected chi connectivity index (χ3v) is 5.37. The van der Waals surface area contributed by atoms with Crippen LogP contribution in [0.1, 0.15) is 25.7 Å². The number of nitrogen functional groups attached to an aromatic ring is 1. The quantitative estimate of drug-likeness (QED) is 0.854. The van der Waals surface area contributed by atoms with Gasteiger partial charge in [0.15, 0.2) is 5.82 Å². The van der Waals surface area contributed by atoms with Crippen molar-refractivity contribution in [1.29, 1.82) is 0 Å². The van der Waals surface area contributed by atoms with Gasteiger partial charge in [-0.15, -0.1) is 0 Å². The lowest BCUT2D eigenvalue weighted by Crippen LogP contribution is -2.32. The van der Waals surface area contributed by atoms with Crippen molar-refractivity contribution in [2.24, 2.45) is 0 Å². The number of hydrogen-bond donors (Lipinski definition) is 1. The first-order valence-corrected chi connectivity index (χ1v) is 7.99. The fourth-order valence-corrected chi connectivity index (χ4v) is 4.11. The maximum Gasteiger partial charge on any atom is 0.246 e. The summed E-state index contributed by atoms with van der Waals surface area (Å²) in [6.07, 6.45) is 3.56. The van der Waals surface area contributed by atoms with Gasteiger partial charge >= 0.3 is 0 Å². The molecule has 1 fully saturated rings. The average Bonchev–Trinajstić information content (AvgIpc) is 2.62. The highest BCUT2D eigenvalue weighted by atomic mass is 35.5. The lowest BCUT2D eigenvalue weighted by molar-refractivity contribution is 0.419. The van der Waals surface area contributed by atoms with Crippen LogP contribution in [0, 0.1) is 5.82 Å². The van der Waals surface area contributed by atoms with Gasteiger partial charge in [0.2, 0.25) is 10.0 Å². The van der Waals surface area contributed by atoms with Crippen LogP contribution in [0.2, 0.25) is 5.02 Å². The number of hydrogen-bond acceptors (Lipinski definition) is 3. The summed E-state index contributed by atoms with van der Waals surface area (Å²) in [4.78, 5) is -0.431. The van der Waals surface area contributed by atoms with Gasteiger partial charge in [-0.25, -0.2) is 12.8 Å². The van der Waals surface area contributed by atoms with Crippen LogP contribution >= 0.6 is 11.6 Å². The second-order valence-electron chi connectivity index (χ2n) is 4.63. The molecule has 19 heavy (non-hydrogen) atoms. The van der Waals surface area contributed by atoms with Gasteiger partial charge in [-0.2, -0.15) is 4.31 Å². The van der Waals surface area contributed by atoms with E-state index in [-0.39, 0.29) is 10.7 Å². The fourth-order valence-electron chi connectivity index (χ4n) is 2.19. The normalized spacial score (nSPS) is 18.2. The monoisotopic (exact) mass is 306 g/mol. The summed E-state index contributed by atoms with van der Waals surface area (Å²) in [5.41, 5.74) is 5.69. The summed E-state index contributed by atoms with van der Waals surface area (Å²) in [7, 11) is -3.87. The molecule has 1 aliphatic rings. The van der Waals surface area contributed by atoms with E-state index in [2.05, 4.69) is 0 Å². The molecule has 1 aromatic rings. The molecule has 1 aliphatic heterocycles. The molecule has 0 spiro atoms. The maximum absolute atomic E-state index is 13.9. The molecule has 0 radical (unpaired) electrons. The van der Waals surface area contributed by atoms with Crippen molar-refractivity contribution in [1.82, 2.24) is 4.31 Å². The van der Waals surface area contributed by atoms with Gasteiger partial charge in [0.1, 0.15) is 4.90 Å². The number of halogens is 2. The second kappa shape index (κ2) is 5.64. The van der Waals surface area contributed by atoms with Crippen molar-refractivity contribution in [2.45, 2.75) is 30.6 Å². The van der Waals surface area contributed by atoms with E-state index >= 15 is 0 Å². The summed E-state index contributed by atoms with van der Waals surface area (Å²) in [6.45, 7) is 0.822. The third-order valence-electron chi connectivity index (χ3n) is 3.20. The molecule has 0 aliphatic carbocycles. The van der Waals surface area contributed by atoms with Gasteiger partial charge in [0, 0.05) is 18.8 Å². The van der Waals surface area contributed by atoms with E-state index in [0.717, 1.165) is 31.7 Å². The Kier molecular flexibility index (Phi) is 4.32. The molecule has 2 rings (SSSR count). The highest BCUT2D eigenvalue weighted by molar-refractivity contribution is 7.89. The van der Waals surface area contributed by atoms with E-state index in [9.17, 15) is 12.8 Å². The van der Waals surface area contributed by atoms with Crippen LogP contribution in [0.4, 0.5) is 10.1 Å². The topological polar surface area (TPSA) is 63.4 Å². The van der Waals surface area contributed by atoms with Crippen LogP contribution in [0.15, 0.2) is 17.0 Å². The highest BCUT2D eigenvalue weighted by Gasteiger charge is 2.29. The van der Waals surface area contributed by atoms with E-state index < -0.39 is 20.7 Å². The molecular formula is C12H16ClFN2O2S. The number of rotatable bonds is 2. The molecule has 7 heteroatoms. The maximum atomic E-state index is 13.9. The number of sulfonamides is 1. The van der Waals surface area contributed by atoms with Crippen molar-refractivity contribution in [3.05, 3.63) is 23.0 Å². The largest absolute Gasteiger partial charge is 0.399 e. The average molecular weight is 307 g/mol. The molecule has 0 saturated carbocycles. The van der Waals surface area contributed by atoms with Crippen molar-refractivity contribution in [3.8, 4) is 0 Å². The Balaban J connectivity index is 2.44. The van der Waals surface area contributed by atoms with Crippen LogP contribution in [-0.2, 0) is 10.0 Å². The van der Waals surface area contributed by atoms with E-state index in [1.54, 1.807) is 0 Å². The predicted octanol–water partition coefficient (Wildman–Crippen LogP) is 2.63. The van der Waals surface area contributed by atoms with Crippen molar-refractivity contribution in [3.63, 3.8) is 0 Å². The summed E-state index contributed by atoms with van der Waals surface area (Å²) in [5.74, 6) is -0.930. The second-order valence-corrected chi connectivity index (χ2v) is 6.95. The molecule has 0 atom stereocenters. The predicted molar refractivity (Wildman–Crippen MR) is 73.0 cm³/mol. The lowest BCUT2D eigenvalue weighted by Gasteiger charge is -2.20. The van der Waals surface area contributed by atoms with Gasteiger partial charge in [-0.05, 0) is 25.0 Å². The Morgan fingerprint density at radius 3 is 2.32 bits per heavy atom.